The molecule has 3 aromatic rings. The standard InChI is InChI=1S/C15H10F2N4OS/c16-11-4-1-3-10(7-11)14(22)9-23-15-18-19-20-21(15)13-6-2-5-12(17)8-13/h1-8H,9H2. The molecule has 0 saturated carbocycles. The molecule has 0 atom stereocenters. The highest BCUT2D eigenvalue weighted by Crippen LogP contribution is 2.20. The summed E-state index contributed by atoms with van der Waals surface area (Å²) in [7, 11) is 0. The van der Waals surface area contributed by atoms with Gasteiger partial charge in [-0.1, -0.05) is 30.0 Å². The molecule has 0 saturated heterocycles. The van der Waals surface area contributed by atoms with Crippen molar-refractivity contribution in [3.8, 4) is 5.69 Å². The van der Waals surface area contributed by atoms with Gasteiger partial charge < -0.3 is 0 Å². The van der Waals surface area contributed by atoms with Gasteiger partial charge in [0.05, 0.1) is 11.4 Å². The second kappa shape index (κ2) is 6.66. The van der Waals surface area contributed by atoms with Crippen molar-refractivity contribution < 1.29 is 13.6 Å². The van der Waals surface area contributed by atoms with E-state index < -0.39 is 11.6 Å². The highest BCUT2D eigenvalue weighted by molar-refractivity contribution is 7.99. The molecule has 0 radical (unpaired) electrons. The summed E-state index contributed by atoms with van der Waals surface area (Å²) in [4.78, 5) is 12.1. The number of thioether (sulfide) groups is 1. The van der Waals surface area contributed by atoms with Crippen LogP contribution in [0.1, 0.15) is 10.4 Å². The average Bonchev–Trinajstić information content (AvgIpc) is 3.01. The Kier molecular flexibility index (Phi) is 4.42. The molecule has 3 rings (SSSR count). The van der Waals surface area contributed by atoms with Crippen molar-refractivity contribution in [1.29, 1.82) is 0 Å². The lowest BCUT2D eigenvalue weighted by atomic mass is 10.1. The van der Waals surface area contributed by atoms with Crippen molar-refractivity contribution in [3.05, 3.63) is 65.7 Å². The molecule has 1 aromatic heterocycles. The first kappa shape index (κ1) is 15.3. The van der Waals surface area contributed by atoms with E-state index in [0.717, 1.165) is 11.8 Å². The van der Waals surface area contributed by atoms with Crippen LogP contribution in [-0.2, 0) is 0 Å². The molecule has 0 aliphatic heterocycles. The predicted molar refractivity (Wildman–Crippen MR) is 80.6 cm³/mol. The van der Waals surface area contributed by atoms with Crippen LogP contribution < -0.4 is 0 Å². The molecule has 8 heteroatoms. The molecule has 5 nitrogen and oxygen atoms in total. The summed E-state index contributed by atoms with van der Waals surface area (Å²) in [6.07, 6.45) is 0. The van der Waals surface area contributed by atoms with Crippen molar-refractivity contribution in [2.24, 2.45) is 0 Å². The van der Waals surface area contributed by atoms with E-state index in [-0.39, 0.29) is 17.1 Å². The summed E-state index contributed by atoms with van der Waals surface area (Å²) in [6.45, 7) is 0. The van der Waals surface area contributed by atoms with Gasteiger partial charge in [0.15, 0.2) is 5.78 Å². The Hall–Kier alpha value is -2.61. The molecular formula is C15H10F2N4OS. The number of nitrogens with zero attached hydrogens (tertiary/aromatic N) is 4. The molecule has 116 valence electrons. The number of benzene rings is 2. The molecular weight excluding hydrogens is 322 g/mol. The summed E-state index contributed by atoms with van der Waals surface area (Å²) in [6, 6.07) is 11.3. The Morgan fingerprint density at radius 1 is 1.09 bits per heavy atom. The lowest BCUT2D eigenvalue weighted by molar-refractivity contribution is 0.102. The zero-order valence-electron chi connectivity index (χ0n) is 11.7. The Labute approximate surface area is 134 Å². The minimum Gasteiger partial charge on any atom is -0.293 e. The fraction of sp³-hybridized carbons (Fsp3) is 0.0667. The predicted octanol–water partition coefficient (Wildman–Crippen LogP) is 2.92. The summed E-state index contributed by atoms with van der Waals surface area (Å²) in [5, 5.41) is 11.5. The van der Waals surface area contributed by atoms with Crippen molar-refractivity contribution >= 4 is 17.5 Å². The molecule has 0 amide bonds. The van der Waals surface area contributed by atoms with Crippen LogP contribution in [0.3, 0.4) is 0 Å². The van der Waals surface area contributed by atoms with Crippen LogP contribution in [0.5, 0.6) is 0 Å². The molecule has 0 aliphatic rings. The zero-order chi connectivity index (χ0) is 16.2. The van der Waals surface area contributed by atoms with E-state index in [2.05, 4.69) is 15.5 Å². The zero-order valence-corrected chi connectivity index (χ0v) is 12.5. The molecule has 0 fully saturated rings. The van der Waals surface area contributed by atoms with E-state index in [1.807, 2.05) is 0 Å². The average molecular weight is 332 g/mol. The van der Waals surface area contributed by atoms with Crippen molar-refractivity contribution in [2.45, 2.75) is 5.16 Å². The number of rotatable bonds is 5. The molecule has 1 heterocycles. The Bertz CT molecular complexity index is 853. The van der Waals surface area contributed by atoms with Crippen LogP contribution in [0.2, 0.25) is 0 Å². The van der Waals surface area contributed by atoms with Crippen LogP contribution in [-0.4, -0.2) is 31.7 Å². The number of carbonyl (C=O) groups excluding carboxylic acids is 1. The molecule has 0 bridgehead atoms. The highest BCUT2D eigenvalue weighted by atomic mass is 32.2. The molecule has 23 heavy (non-hydrogen) atoms. The lowest BCUT2D eigenvalue weighted by Crippen LogP contribution is -2.05. The van der Waals surface area contributed by atoms with Gasteiger partial charge in [-0.15, -0.1) is 5.10 Å². The van der Waals surface area contributed by atoms with Gasteiger partial charge in [0, 0.05) is 5.56 Å². The summed E-state index contributed by atoms with van der Waals surface area (Å²) in [5.74, 6) is -1.09. The monoisotopic (exact) mass is 332 g/mol. The van der Waals surface area contributed by atoms with Gasteiger partial charge in [-0.3, -0.25) is 4.79 Å². The maximum atomic E-state index is 13.3. The largest absolute Gasteiger partial charge is 0.293 e. The van der Waals surface area contributed by atoms with Gasteiger partial charge in [0.1, 0.15) is 11.6 Å². The van der Waals surface area contributed by atoms with E-state index in [9.17, 15) is 13.6 Å². The Morgan fingerprint density at radius 2 is 1.83 bits per heavy atom. The fourth-order valence-corrected chi connectivity index (χ4v) is 2.70. The third-order valence-corrected chi connectivity index (χ3v) is 3.89. The number of Topliss-reactive ketones (excluding diaryl/α,β-unsaturated/α-hetero) is 1. The minimum atomic E-state index is -0.467. The third-order valence-electron chi connectivity index (χ3n) is 2.97. The van der Waals surface area contributed by atoms with Gasteiger partial charge >= 0.3 is 0 Å². The van der Waals surface area contributed by atoms with Gasteiger partial charge in [-0.05, 0) is 40.8 Å². The van der Waals surface area contributed by atoms with Gasteiger partial charge in [-0.2, -0.15) is 4.68 Å². The highest BCUT2D eigenvalue weighted by Gasteiger charge is 2.13. The first-order valence-corrected chi connectivity index (χ1v) is 7.58. The quantitative estimate of drug-likeness (QED) is 0.531. The molecule has 2 aromatic carbocycles. The Morgan fingerprint density at radius 3 is 2.57 bits per heavy atom. The van der Waals surface area contributed by atoms with Crippen molar-refractivity contribution in [3.63, 3.8) is 0 Å². The summed E-state index contributed by atoms with van der Waals surface area (Å²) < 4.78 is 27.8. The second-order valence-corrected chi connectivity index (χ2v) is 5.52. The maximum Gasteiger partial charge on any atom is 0.214 e. The van der Waals surface area contributed by atoms with Gasteiger partial charge in [-0.25, -0.2) is 8.78 Å². The van der Waals surface area contributed by atoms with Gasteiger partial charge in [0.25, 0.3) is 0 Å². The number of halogens is 2. The topological polar surface area (TPSA) is 60.7 Å². The van der Waals surface area contributed by atoms with Gasteiger partial charge in [0.2, 0.25) is 5.16 Å². The number of hydrogen-bond donors (Lipinski definition) is 0. The number of tetrazole rings is 1. The normalized spacial score (nSPS) is 10.7. The van der Waals surface area contributed by atoms with Crippen LogP contribution in [0.4, 0.5) is 8.78 Å². The Balaban J connectivity index is 1.75. The maximum absolute atomic E-state index is 13.3. The minimum absolute atomic E-state index is 0.0408. The van der Waals surface area contributed by atoms with Crippen molar-refractivity contribution in [2.75, 3.05) is 5.75 Å². The van der Waals surface area contributed by atoms with E-state index in [1.165, 1.54) is 35.0 Å². The third kappa shape index (κ3) is 3.59. The van der Waals surface area contributed by atoms with Crippen molar-refractivity contribution in [1.82, 2.24) is 20.2 Å². The molecule has 0 N–H and O–H groups in total. The van der Waals surface area contributed by atoms with E-state index in [1.54, 1.807) is 18.2 Å². The number of carbonyl (C=O) groups is 1. The SMILES string of the molecule is O=C(CSc1nnnn1-c1cccc(F)c1)c1cccc(F)c1. The van der Waals surface area contributed by atoms with Crippen LogP contribution >= 0.6 is 11.8 Å². The molecule has 0 spiro atoms. The number of aromatic nitrogens is 4. The number of ketones is 1. The smallest absolute Gasteiger partial charge is 0.214 e. The van der Waals surface area contributed by atoms with Crippen LogP contribution in [0.15, 0.2) is 53.7 Å². The first-order chi connectivity index (χ1) is 11.1. The number of hydrogen-bond acceptors (Lipinski definition) is 5. The lowest BCUT2D eigenvalue weighted by Gasteiger charge is -2.04. The fourth-order valence-electron chi connectivity index (χ4n) is 1.91. The molecule has 0 unspecified atom stereocenters. The molecule has 0 aliphatic carbocycles. The van der Waals surface area contributed by atoms with E-state index >= 15 is 0 Å². The van der Waals surface area contributed by atoms with E-state index in [0.29, 0.717) is 10.8 Å². The van der Waals surface area contributed by atoms with Crippen LogP contribution in [0, 0.1) is 11.6 Å². The van der Waals surface area contributed by atoms with E-state index in [4.69, 9.17) is 0 Å². The van der Waals surface area contributed by atoms with Crippen LogP contribution in [0.25, 0.3) is 5.69 Å². The summed E-state index contributed by atoms with van der Waals surface area (Å²) in [5.41, 5.74) is 0.734. The first-order valence-electron chi connectivity index (χ1n) is 6.59. The second-order valence-electron chi connectivity index (χ2n) is 4.58. The summed E-state index contributed by atoms with van der Waals surface area (Å²) >= 11 is 1.10.